The molecule has 2 heteroatoms. The van der Waals surface area contributed by atoms with Crippen LogP contribution in [0.3, 0.4) is 0 Å². The van der Waals surface area contributed by atoms with Crippen LogP contribution in [0.25, 0.3) is 32.6 Å². The summed E-state index contributed by atoms with van der Waals surface area (Å²) >= 11 is 0. The van der Waals surface area contributed by atoms with E-state index in [4.69, 9.17) is 0 Å². The Kier molecular flexibility index (Phi) is 2.54. The van der Waals surface area contributed by atoms with Crippen molar-refractivity contribution in [2.75, 3.05) is 0 Å². The summed E-state index contributed by atoms with van der Waals surface area (Å²) in [5.41, 5.74) is 8.82. The van der Waals surface area contributed by atoms with Gasteiger partial charge in [0, 0.05) is 32.9 Å². The molecule has 2 aromatic heterocycles. The highest BCUT2D eigenvalue weighted by Gasteiger charge is 2.20. The Hall–Kier alpha value is -2.22. The third-order valence-corrected chi connectivity index (χ3v) is 6.34. The van der Waals surface area contributed by atoms with Crippen LogP contribution < -0.4 is 0 Å². The molecule has 2 aliphatic rings. The van der Waals surface area contributed by atoms with E-state index in [1.165, 1.54) is 95.3 Å². The van der Waals surface area contributed by atoms with E-state index in [0.717, 1.165) is 0 Å². The van der Waals surface area contributed by atoms with Crippen LogP contribution in [0, 0.1) is 0 Å². The molecule has 120 valence electrons. The van der Waals surface area contributed by atoms with Crippen LogP contribution in [-0.4, -0.2) is 9.97 Å². The van der Waals surface area contributed by atoms with E-state index in [-0.39, 0.29) is 0 Å². The second-order valence-electron chi connectivity index (χ2n) is 7.65. The minimum absolute atomic E-state index is 1.21. The van der Waals surface area contributed by atoms with Gasteiger partial charge in [-0.1, -0.05) is 24.3 Å². The van der Waals surface area contributed by atoms with Gasteiger partial charge in [0.1, 0.15) is 0 Å². The first-order valence-corrected chi connectivity index (χ1v) is 9.49. The Bertz CT molecular complexity index is 1020. The van der Waals surface area contributed by atoms with E-state index in [0.29, 0.717) is 0 Å². The number of H-pyrrole nitrogens is 2. The van der Waals surface area contributed by atoms with Crippen molar-refractivity contribution in [3.63, 3.8) is 0 Å². The monoisotopic (exact) mass is 314 g/mol. The molecule has 0 aliphatic heterocycles. The summed E-state index contributed by atoms with van der Waals surface area (Å²) in [5, 5.41) is 5.67. The van der Waals surface area contributed by atoms with Crippen molar-refractivity contribution in [1.82, 2.24) is 9.97 Å². The molecule has 0 fully saturated rings. The number of fused-ring (bicyclic) bond motifs is 9. The molecular weight excluding hydrogens is 292 g/mol. The Morgan fingerprint density at radius 3 is 1.42 bits per heavy atom. The molecule has 0 unspecified atom stereocenters. The number of nitrogens with one attached hydrogen (secondary N) is 2. The zero-order chi connectivity index (χ0) is 15.7. The normalized spacial score (nSPS) is 17.5. The first-order valence-electron chi connectivity index (χ1n) is 9.49. The standard InChI is InChI=1S/C22H22N2/c1-3-7-19-13(5-1)15-9-11-18-17(21(15)23-19)12-10-16-14-6-2-4-8-20(14)24-22(16)18/h9-12,23-24H,1-8H2. The van der Waals surface area contributed by atoms with Crippen molar-refractivity contribution < 1.29 is 0 Å². The zero-order valence-electron chi connectivity index (χ0n) is 14.0. The fourth-order valence-corrected chi connectivity index (χ4v) is 5.16. The zero-order valence-corrected chi connectivity index (χ0v) is 14.0. The van der Waals surface area contributed by atoms with Crippen molar-refractivity contribution in [3.05, 3.63) is 46.8 Å². The third kappa shape index (κ3) is 1.61. The molecule has 0 radical (unpaired) electrons. The summed E-state index contributed by atoms with van der Waals surface area (Å²) in [5.74, 6) is 0. The van der Waals surface area contributed by atoms with Gasteiger partial charge in [-0.2, -0.15) is 0 Å². The molecule has 6 rings (SSSR count). The molecule has 24 heavy (non-hydrogen) atoms. The Balaban J connectivity index is 1.72. The molecular formula is C22H22N2. The molecule has 2 heterocycles. The van der Waals surface area contributed by atoms with Crippen molar-refractivity contribution in [2.24, 2.45) is 0 Å². The highest BCUT2D eigenvalue weighted by atomic mass is 14.7. The van der Waals surface area contributed by atoms with Crippen molar-refractivity contribution in [3.8, 4) is 0 Å². The number of rotatable bonds is 0. The lowest BCUT2D eigenvalue weighted by Gasteiger charge is -2.10. The molecule has 2 aliphatic carbocycles. The van der Waals surface area contributed by atoms with Gasteiger partial charge in [-0.15, -0.1) is 0 Å². The van der Waals surface area contributed by atoms with Crippen molar-refractivity contribution in [2.45, 2.75) is 51.4 Å². The lowest BCUT2D eigenvalue weighted by molar-refractivity contribution is 0.680. The molecule has 0 bridgehead atoms. The minimum Gasteiger partial charge on any atom is -0.358 e. The van der Waals surface area contributed by atoms with E-state index >= 15 is 0 Å². The van der Waals surface area contributed by atoms with E-state index in [2.05, 4.69) is 34.2 Å². The van der Waals surface area contributed by atoms with Gasteiger partial charge in [-0.25, -0.2) is 0 Å². The van der Waals surface area contributed by atoms with Crippen LogP contribution in [0.2, 0.25) is 0 Å². The smallest absolute Gasteiger partial charge is 0.0539 e. The van der Waals surface area contributed by atoms with Gasteiger partial charge >= 0.3 is 0 Å². The number of aryl methyl sites for hydroxylation is 4. The van der Waals surface area contributed by atoms with Gasteiger partial charge in [-0.05, 0) is 62.5 Å². The number of hydrogen-bond donors (Lipinski definition) is 2. The SMILES string of the molecule is c1cc2c(ccc3c4c([nH]c32)CCCC4)c2[nH]c3c(c12)CCCC3. The van der Waals surface area contributed by atoms with Gasteiger partial charge in [0.25, 0.3) is 0 Å². The second kappa shape index (κ2) is 4.66. The summed E-state index contributed by atoms with van der Waals surface area (Å²) in [6.45, 7) is 0. The predicted molar refractivity (Wildman–Crippen MR) is 101 cm³/mol. The van der Waals surface area contributed by atoms with Crippen LogP contribution in [-0.2, 0) is 25.7 Å². The average Bonchev–Trinajstić information content (AvgIpc) is 3.20. The lowest BCUT2D eigenvalue weighted by Crippen LogP contribution is -1.99. The fourth-order valence-electron chi connectivity index (χ4n) is 5.16. The van der Waals surface area contributed by atoms with E-state index in [9.17, 15) is 0 Å². The Morgan fingerprint density at radius 1 is 0.500 bits per heavy atom. The molecule has 0 atom stereocenters. The molecule has 0 amide bonds. The minimum atomic E-state index is 1.21. The average molecular weight is 314 g/mol. The summed E-state index contributed by atoms with van der Waals surface area (Å²) < 4.78 is 0. The summed E-state index contributed by atoms with van der Waals surface area (Å²) in [6.07, 6.45) is 10.2. The highest BCUT2D eigenvalue weighted by molar-refractivity contribution is 6.16. The van der Waals surface area contributed by atoms with Crippen LogP contribution in [0.4, 0.5) is 0 Å². The number of aromatic amines is 2. The van der Waals surface area contributed by atoms with E-state index in [1.54, 1.807) is 11.1 Å². The number of benzene rings is 2. The van der Waals surface area contributed by atoms with Crippen molar-refractivity contribution >= 4 is 32.6 Å². The van der Waals surface area contributed by atoms with E-state index < -0.39 is 0 Å². The third-order valence-electron chi connectivity index (χ3n) is 6.34. The van der Waals surface area contributed by atoms with Crippen LogP contribution in [0.15, 0.2) is 24.3 Å². The predicted octanol–water partition coefficient (Wildman–Crippen LogP) is 5.56. The largest absolute Gasteiger partial charge is 0.358 e. The quantitative estimate of drug-likeness (QED) is 0.426. The molecule has 4 aromatic rings. The lowest BCUT2D eigenvalue weighted by atomic mass is 9.93. The van der Waals surface area contributed by atoms with Gasteiger partial charge in [0.15, 0.2) is 0 Å². The topological polar surface area (TPSA) is 31.6 Å². The first-order chi connectivity index (χ1) is 11.9. The maximum Gasteiger partial charge on any atom is 0.0539 e. The molecule has 2 N–H and O–H groups in total. The van der Waals surface area contributed by atoms with Crippen LogP contribution >= 0.6 is 0 Å². The first kappa shape index (κ1) is 13.1. The van der Waals surface area contributed by atoms with Crippen LogP contribution in [0.5, 0.6) is 0 Å². The highest BCUT2D eigenvalue weighted by Crippen LogP contribution is 2.38. The number of aromatic nitrogens is 2. The molecule has 0 saturated heterocycles. The number of hydrogen-bond acceptors (Lipinski definition) is 0. The van der Waals surface area contributed by atoms with Gasteiger partial charge in [0.2, 0.25) is 0 Å². The fraction of sp³-hybridized carbons (Fsp3) is 0.364. The molecule has 2 nitrogen and oxygen atoms in total. The van der Waals surface area contributed by atoms with Gasteiger partial charge in [-0.3, -0.25) is 0 Å². The van der Waals surface area contributed by atoms with E-state index in [1.807, 2.05) is 0 Å². The molecule has 2 aromatic carbocycles. The summed E-state index contributed by atoms with van der Waals surface area (Å²) in [7, 11) is 0. The Labute approximate surface area is 141 Å². The maximum atomic E-state index is 3.77. The molecule has 0 spiro atoms. The summed E-state index contributed by atoms with van der Waals surface area (Å²) in [6, 6.07) is 9.42. The van der Waals surface area contributed by atoms with Crippen molar-refractivity contribution in [1.29, 1.82) is 0 Å². The maximum absolute atomic E-state index is 3.77. The van der Waals surface area contributed by atoms with Gasteiger partial charge in [0.05, 0.1) is 11.0 Å². The van der Waals surface area contributed by atoms with Crippen LogP contribution in [0.1, 0.15) is 48.2 Å². The Morgan fingerprint density at radius 2 is 0.917 bits per heavy atom. The summed E-state index contributed by atoms with van der Waals surface area (Å²) in [4.78, 5) is 7.54. The van der Waals surface area contributed by atoms with Gasteiger partial charge < -0.3 is 9.97 Å². The molecule has 0 saturated carbocycles. The second-order valence-corrected chi connectivity index (χ2v) is 7.65.